The third-order valence-electron chi connectivity index (χ3n) is 5.41. The lowest BCUT2D eigenvalue weighted by atomic mass is 10.2. The topological polar surface area (TPSA) is 75.7 Å². The van der Waals surface area contributed by atoms with E-state index in [1.54, 1.807) is 0 Å². The maximum atomic E-state index is 12.0. The number of halogens is 3. The highest BCUT2D eigenvalue weighted by atomic mass is 32.2. The van der Waals surface area contributed by atoms with E-state index in [1.165, 1.54) is 9.79 Å². The number of hydrogen-bond donors (Lipinski definition) is 0. The predicted octanol–water partition coefficient (Wildman–Crippen LogP) is 8.75. The summed E-state index contributed by atoms with van der Waals surface area (Å²) in [6.45, 7) is 12.5. The van der Waals surface area contributed by atoms with Crippen molar-refractivity contribution < 1.29 is 35.6 Å². The van der Waals surface area contributed by atoms with E-state index in [9.17, 15) is 26.1 Å². The monoisotopic (exact) mass is 632 g/mol. The normalized spacial score (nSPS) is 12.3. The van der Waals surface area contributed by atoms with E-state index in [4.69, 9.17) is 9.47 Å². The quantitative estimate of drug-likeness (QED) is 0.157. The molecule has 0 aliphatic rings. The van der Waals surface area contributed by atoms with Crippen LogP contribution in [0, 0.1) is 0 Å². The smallest absolute Gasteiger partial charge is 0.416 e. The Morgan fingerprint density at radius 3 is 1.33 bits per heavy atom. The molecule has 0 fully saturated rings. The van der Waals surface area contributed by atoms with Crippen LogP contribution in [0.15, 0.2) is 123 Å². The summed E-state index contributed by atoms with van der Waals surface area (Å²) in [5.74, 6) is 1.74. The van der Waals surface area contributed by atoms with Gasteiger partial charge in [0.2, 0.25) is 4.90 Å². The third kappa shape index (κ3) is 10.3. The minimum Gasteiger partial charge on any atom is -0.744 e. The average Bonchev–Trinajstić information content (AvgIpc) is 2.89. The fraction of sp³-hybridized carbons (Fsp3) is 0.273. The van der Waals surface area contributed by atoms with Gasteiger partial charge in [0.15, 0.2) is 21.3 Å². The van der Waals surface area contributed by atoms with E-state index in [-0.39, 0.29) is 22.1 Å². The largest absolute Gasteiger partial charge is 0.744 e. The van der Waals surface area contributed by atoms with Crippen molar-refractivity contribution in [2.45, 2.75) is 78.5 Å². The summed E-state index contributed by atoms with van der Waals surface area (Å²) >= 11 is 0. The van der Waals surface area contributed by atoms with Crippen LogP contribution in [-0.4, -0.2) is 24.2 Å². The molecule has 0 heterocycles. The highest BCUT2D eigenvalue weighted by Crippen LogP contribution is 2.44. The molecular formula is C33H35F3O5S2. The number of benzene rings is 4. The molecular weight excluding hydrogens is 597 g/mol. The summed E-state index contributed by atoms with van der Waals surface area (Å²) in [7, 11) is -5.04. The van der Waals surface area contributed by atoms with Gasteiger partial charge >= 0.3 is 6.18 Å². The van der Waals surface area contributed by atoms with Crippen LogP contribution in [-0.2, 0) is 27.2 Å². The first-order valence-corrected chi connectivity index (χ1v) is 16.0. The minimum absolute atomic E-state index is 0.308. The van der Waals surface area contributed by atoms with Crippen LogP contribution in [0.2, 0.25) is 0 Å². The lowest BCUT2D eigenvalue weighted by molar-refractivity contribution is -0.137. The molecule has 4 rings (SSSR count). The van der Waals surface area contributed by atoms with Crippen molar-refractivity contribution in [3.63, 3.8) is 0 Å². The van der Waals surface area contributed by atoms with Gasteiger partial charge < -0.3 is 14.0 Å². The summed E-state index contributed by atoms with van der Waals surface area (Å²) in [5, 5.41) is 0. The SMILES string of the molecule is CC(C)(C)Oc1cccc(OC(C)(C)C)c1[S+](c1ccccc1)c1ccccc1.O=S(=O)([O-])c1ccc(C(F)(F)F)cc1. The number of alkyl halides is 3. The summed E-state index contributed by atoms with van der Waals surface area (Å²) in [5.41, 5.74) is -1.61. The van der Waals surface area contributed by atoms with Crippen molar-refractivity contribution in [1.29, 1.82) is 0 Å². The number of rotatable bonds is 6. The third-order valence-corrected chi connectivity index (χ3v) is 8.55. The first kappa shape index (κ1) is 34.0. The Morgan fingerprint density at radius 2 is 1.00 bits per heavy atom. The molecule has 0 radical (unpaired) electrons. The molecule has 5 nitrogen and oxygen atoms in total. The van der Waals surface area contributed by atoms with Gasteiger partial charge in [0.1, 0.15) is 32.2 Å². The molecule has 0 N–H and O–H groups in total. The van der Waals surface area contributed by atoms with Crippen LogP contribution in [0.5, 0.6) is 11.5 Å². The molecule has 4 aromatic carbocycles. The molecule has 0 saturated heterocycles. The average molecular weight is 633 g/mol. The second kappa shape index (κ2) is 13.4. The van der Waals surface area contributed by atoms with E-state index < -0.39 is 26.8 Å². The first-order chi connectivity index (χ1) is 19.9. The number of ether oxygens (including phenoxy) is 2. The lowest BCUT2D eigenvalue weighted by Gasteiger charge is -2.26. The van der Waals surface area contributed by atoms with Crippen molar-refractivity contribution in [2.75, 3.05) is 0 Å². The Kier molecular flexibility index (Phi) is 10.6. The molecule has 0 saturated carbocycles. The van der Waals surface area contributed by atoms with Gasteiger partial charge in [0, 0.05) is 0 Å². The first-order valence-electron chi connectivity index (χ1n) is 13.3. The molecule has 0 aliphatic carbocycles. The zero-order valence-electron chi connectivity index (χ0n) is 24.8. The van der Waals surface area contributed by atoms with Crippen LogP contribution >= 0.6 is 0 Å². The van der Waals surface area contributed by atoms with Crippen molar-refractivity contribution >= 4 is 21.0 Å². The van der Waals surface area contributed by atoms with E-state index >= 15 is 0 Å². The van der Waals surface area contributed by atoms with Gasteiger partial charge in [-0.25, -0.2) is 8.42 Å². The Morgan fingerprint density at radius 1 is 0.605 bits per heavy atom. The van der Waals surface area contributed by atoms with E-state index in [2.05, 4.69) is 114 Å². The maximum absolute atomic E-state index is 12.0. The van der Waals surface area contributed by atoms with Gasteiger partial charge in [0.25, 0.3) is 0 Å². The van der Waals surface area contributed by atoms with E-state index in [1.807, 2.05) is 6.07 Å². The Hall–Kier alpha value is -3.47. The van der Waals surface area contributed by atoms with Crippen molar-refractivity contribution in [3.05, 3.63) is 109 Å². The number of hydrogen-bond acceptors (Lipinski definition) is 5. The molecule has 0 unspecified atom stereocenters. The summed E-state index contributed by atoms with van der Waals surface area (Å²) < 4.78 is 79.9. The molecule has 10 heteroatoms. The minimum atomic E-state index is -4.68. The highest BCUT2D eigenvalue weighted by molar-refractivity contribution is 7.97. The van der Waals surface area contributed by atoms with Crippen molar-refractivity contribution in [1.82, 2.24) is 0 Å². The second-order valence-corrected chi connectivity index (χ2v) is 14.8. The van der Waals surface area contributed by atoms with Crippen LogP contribution in [0.1, 0.15) is 47.1 Å². The second-order valence-electron chi connectivity index (χ2n) is 11.4. The Balaban J connectivity index is 0.000000303. The van der Waals surface area contributed by atoms with Gasteiger partial charge in [-0.1, -0.05) is 42.5 Å². The predicted molar refractivity (Wildman–Crippen MR) is 162 cm³/mol. The van der Waals surface area contributed by atoms with Crippen LogP contribution in [0.4, 0.5) is 13.2 Å². The van der Waals surface area contributed by atoms with Crippen molar-refractivity contribution in [3.8, 4) is 11.5 Å². The van der Waals surface area contributed by atoms with Crippen LogP contribution in [0.25, 0.3) is 0 Å². The molecule has 230 valence electrons. The Labute approximate surface area is 254 Å². The molecule has 0 atom stereocenters. The summed E-state index contributed by atoms with van der Waals surface area (Å²) in [4.78, 5) is 2.89. The van der Waals surface area contributed by atoms with Gasteiger partial charge in [0.05, 0.1) is 10.5 Å². The van der Waals surface area contributed by atoms with E-state index in [0.717, 1.165) is 16.4 Å². The van der Waals surface area contributed by atoms with Crippen LogP contribution < -0.4 is 9.47 Å². The van der Waals surface area contributed by atoms with E-state index in [0.29, 0.717) is 24.3 Å². The Bertz CT molecular complexity index is 1500. The van der Waals surface area contributed by atoms with Crippen LogP contribution in [0.3, 0.4) is 0 Å². The fourth-order valence-corrected chi connectivity index (χ4v) is 6.51. The molecule has 0 aromatic heterocycles. The zero-order chi connectivity index (χ0) is 32.1. The lowest BCUT2D eigenvalue weighted by Crippen LogP contribution is -2.26. The maximum Gasteiger partial charge on any atom is 0.416 e. The molecule has 0 amide bonds. The molecule has 0 spiro atoms. The van der Waals surface area contributed by atoms with Gasteiger partial charge in [-0.3, -0.25) is 0 Å². The molecule has 0 bridgehead atoms. The standard InChI is InChI=1S/C26H31O2S.C7H5F3O3S/c1-25(2,3)27-22-18-13-19-23(28-26(4,5)6)24(22)29(20-14-9-7-10-15-20)21-16-11-8-12-17-21;8-7(9,10)5-1-3-6(4-2-5)14(11,12)13/h7-19H,1-6H3;1-4H,(H,11,12,13)/q+1;/p-1. The highest BCUT2D eigenvalue weighted by Gasteiger charge is 2.38. The van der Waals surface area contributed by atoms with Gasteiger partial charge in [-0.2, -0.15) is 13.2 Å². The zero-order valence-corrected chi connectivity index (χ0v) is 26.4. The van der Waals surface area contributed by atoms with Gasteiger partial charge in [-0.15, -0.1) is 0 Å². The molecule has 43 heavy (non-hydrogen) atoms. The van der Waals surface area contributed by atoms with Crippen molar-refractivity contribution in [2.24, 2.45) is 0 Å². The summed E-state index contributed by atoms with van der Waals surface area (Å²) in [6.07, 6.45) is -4.54. The summed E-state index contributed by atoms with van der Waals surface area (Å²) in [6, 6.07) is 29.7. The molecule has 4 aromatic rings. The van der Waals surface area contributed by atoms with Gasteiger partial charge in [-0.05, 0) is 102 Å². The molecule has 0 aliphatic heterocycles. The fourth-order valence-electron chi connectivity index (χ4n) is 3.81.